The third-order valence-electron chi connectivity index (χ3n) is 2.22. The number of halogens is 1. The fourth-order valence-corrected chi connectivity index (χ4v) is 1.42. The second kappa shape index (κ2) is 5.32. The molecule has 1 aromatic rings. The number of nitrogens with two attached hydrogens (primary N) is 1. The molecule has 0 fully saturated rings. The van der Waals surface area contributed by atoms with E-state index in [4.69, 9.17) is 10.2 Å². The van der Waals surface area contributed by atoms with Gasteiger partial charge in [-0.2, -0.15) is 0 Å². The number of rotatable bonds is 4. The molecular weight excluding hydrogens is 260 g/mol. The van der Waals surface area contributed by atoms with Crippen LogP contribution in [0.5, 0.6) is 0 Å². The van der Waals surface area contributed by atoms with E-state index in [-0.39, 0.29) is 11.9 Å². The number of nitrogens with one attached hydrogen (secondary N) is 1. The molecule has 84 valence electrons. The zero-order valence-electron chi connectivity index (χ0n) is 8.79. The highest BCUT2D eigenvalue weighted by atomic mass is 79.9. The third-order valence-corrected chi connectivity index (χ3v) is 2.83. The molecule has 1 aromatic heterocycles. The van der Waals surface area contributed by atoms with E-state index in [1.165, 1.54) is 6.26 Å². The Hall–Kier alpha value is -0.810. The molecule has 1 amide bonds. The van der Waals surface area contributed by atoms with Crippen molar-refractivity contribution in [3.63, 3.8) is 0 Å². The largest absolute Gasteiger partial charge is 0.457 e. The van der Waals surface area contributed by atoms with Gasteiger partial charge in [0.15, 0.2) is 4.67 Å². The van der Waals surface area contributed by atoms with Crippen molar-refractivity contribution in [3.8, 4) is 0 Å². The molecule has 0 radical (unpaired) electrons. The summed E-state index contributed by atoms with van der Waals surface area (Å²) in [5.41, 5.74) is 6.30. The first-order valence-electron chi connectivity index (χ1n) is 4.79. The van der Waals surface area contributed by atoms with Crippen molar-refractivity contribution in [2.75, 3.05) is 6.54 Å². The van der Waals surface area contributed by atoms with Crippen molar-refractivity contribution >= 4 is 21.8 Å². The fourth-order valence-electron chi connectivity index (χ4n) is 0.997. The van der Waals surface area contributed by atoms with Crippen molar-refractivity contribution in [2.45, 2.75) is 19.9 Å². The van der Waals surface area contributed by atoms with E-state index in [1.807, 2.05) is 13.8 Å². The Balaban J connectivity index is 2.47. The molecule has 5 heteroatoms. The van der Waals surface area contributed by atoms with Gasteiger partial charge in [0, 0.05) is 12.6 Å². The maximum absolute atomic E-state index is 11.6. The van der Waals surface area contributed by atoms with Crippen LogP contribution in [0.15, 0.2) is 21.4 Å². The molecule has 0 saturated carbocycles. The Morgan fingerprint density at radius 3 is 2.80 bits per heavy atom. The highest BCUT2D eigenvalue weighted by Gasteiger charge is 2.14. The van der Waals surface area contributed by atoms with E-state index in [2.05, 4.69) is 21.2 Å². The summed E-state index contributed by atoms with van der Waals surface area (Å²) >= 11 is 3.14. The number of carbonyl (C=O) groups excluding carboxylic acids is 1. The molecule has 0 aliphatic heterocycles. The van der Waals surface area contributed by atoms with Gasteiger partial charge in [0.2, 0.25) is 0 Å². The molecular formula is C10H15BrN2O2. The van der Waals surface area contributed by atoms with Crippen molar-refractivity contribution in [3.05, 3.63) is 22.6 Å². The Morgan fingerprint density at radius 2 is 2.33 bits per heavy atom. The molecule has 15 heavy (non-hydrogen) atoms. The van der Waals surface area contributed by atoms with Gasteiger partial charge in [0.25, 0.3) is 5.91 Å². The molecule has 1 rings (SSSR count). The monoisotopic (exact) mass is 274 g/mol. The van der Waals surface area contributed by atoms with Crippen LogP contribution in [-0.4, -0.2) is 18.5 Å². The lowest BCUT2D eigenvalue weighted by Crippen LogP contribution is -2.40. The Bertz CT molecular complexity index is 336. The molecule has 0 aromatic carbocycles. The van der Waals surface area contributed by atoms with E-state index >= 15 is 0 Å². The predicted octanol–water partition coefficient (Wildman–Crippen LogP) is 1.76. The summed E-state index contributed by atoms with van der Waals surface area (Å²) in [5.74, 6) is 0.171. The summed E-state index contributed by atoms with van der Waals surface area (Å²) in [6.07, 6.45) is 1.46. The lowest BCUT2D eigenvalue weighted by molar-refractivity contribution is 0.0947. The minimum absolute atomic E-state index is 0.0281. The smallest absolute Gasteiger partial charge is 0.255 e. The molecule has 4 nitrogen and oxygen atoms in total. The first-order chi connectivity index (χ1) is 7.02. The minimum Gasteiger partial charge on any atom is -0.457 e. The zero-order chi connectivity index (χ0) is 11.4. The summed E-state index contributed by atoms with van der Waals surface area (Å²) in [5, 5.41) is 2.75. The number of hydrogen-bond donors (Lipinski definition) is 2. The number of carbonyl (C=O) groups is 1. The van der Waals surface area contributed by atoms with Gasteiger partial charge in [0.1, 0.15) is 0 Å². The standard InChI is InChI=1S/C10H15BrN2O2/c1-6(2)8(12)5-13-10(14)7-3-4-15-9(7)11/h3-4,6,8H,5,12H2,1-2H3,(H,13,14). The highest BCUT2D eigenvalue weighted by Crippen LogP contribution is 2.16. The Labute approximate surface area is 97.3 Å². The SMILES string of the molecule is CC(C)C(N)CNC(=O)c1ccoc1Br. The Kier molecular flexibility index (Phi) is 4.35. The van der Waals surface area contributed by atoms with Crippen LogP contribution >= 0.6 is 15.9 Å². The summed E-state index contributed by atoms with van der Waals surface area (Å²) in [4.78, 5) is 11.6. The van der Waals surface area contributed by atoms with Crippen molar-refractivity contribution in [1.29, 1.82) is 0 Å². The summed E-state index contributed by atoms with van der Waals surface area (Å²) in [6, 6.07) is 1.58. The molecule has 0 aliphatic rings. The number of furan rings is 1. The lowest BCUT2D eigenvalue weighted by atomic mass is 10.1. The molecule has 1 atom stereocenters. The first kappa shape index (κ1) is 12.3. The van der Waals surface area contributed by atoms with Crippen molar-refractivity contribution < 1.29 is 9.21 Å². The van der Waals surface area contributed by atoms with Crippen LogP contribution in [-0.2, 0) is 0 Å². The fraction of sp³-hybridized carbons (Fsp3) is 0.500. The van der Waals surface area contributed by atoms with Crippen LogP contribution in [0.2, 0.25) is 0 Å². The average Bonchev–Trinajstić information content (AvgIpc) is 2.60. The second-order valence-corrected chi connectivity index (χ2v) is 4.45. The van der Waals surface area contributed by atoms with E-state index in [9.17, 15) is 4.79 Å². The zero-order valence-corrected chi connectivity index (χ0v) is 10.4. The molecule has 1 heterocycles. The van der Waals surface area contributed by atoms with Crippen LogP contribution < -0.4 is 11.1 Å². The summed E-state index contributed by atoms with van der Waals surface area (Å²) < 4.78 is 5.41. The average molecular weight is 275 g/mol. The normalized spacial score (nSPS) is 12.9. The first-order valence-corrected chi connectivity index (χ1v) is 5.58. The van der Waals surface area contributed by atoms with E-state index < -0.39 is 0 Å². The van der Waals surface area contributed by atoms with Crippen LogP contribution in [0.3, 0.4) is 0 Å². The van der Waals surface area contributed by atoms with Crippen molar-refractivity contribution in [2.24, 2.45) is 11.7 Å². The van der Waals surface area contributed by atoms with Crippen LogP contribution in [0, 0.1) is 5.92 Å². The second-order valence-electron chi connectivity index (χ2n) is 3.73. The third kappa shape index (κ3) is 3.35. The van der Waals surface area contributed by atoms with Gasteiger partial charge in [-0.05, 0) is 27.9 Å². The van der Waals surface area contributed by atoms with Crippen LogP contribution in [0.4, 0.5) is 0 Å². The predicted molar refractivity (Wildman–Crippen MR) is 61.6 cm³/mol. The van der Waals surface area contributed by atoms with Gasteiger partial charge >= 0.3 is 0 Å². The molecule has 0 bridgehead atoms. The van der Waals surface area contributed by atoms with Gasteiger partial charge in [0.05, 0.1) is 11.8 Å². The topological polar surface area (TPSA) is 68.3 Å². The highest BCUT2D eigenvalue weighted by molar-refractivity contribution is 9.10. The number of hydrogen-bond acceptors (Lipinski definition) is 3. The van der Waals surface area contributed by atoms with Gasteiger partial charge in [-0.25, -0.2) is 0 Å². The van der Waals surface area contributed by atoms with E-state index in [0.29, 0.717) is 22.7 Å². The van der Waals surface area contributed by atoms with Gasteiger partial charge in [-0.1, -0.05) is 13.8 Å². The molecule has 0 spiro atoms. The van der Waals surface area contributed by atoms with E-state index in [1.54, 1.807) is 6.07 Å². The lowest BCUT2D eigenvalue weighted by Gasteiger charge is -2.15. The molecule has 1 unspecified atom stereocenters. The molecule has 0 aliphatic carbocycles. The summed E-state index contributed by atoms with van der Waals surface area (Å²) in [6.45, 7) is 4.50. The Morgan fingerprint density at radius 1 is 1.67 bits per heavy atom. The quantitative estimate of drug-likeness (QED) is 0.879. The van der Waals surface area contributed by atoms with Gasteiger partial charge in [-0.15, -0.1) is 0 Å². The number of amides is 1. The van der Waals surface area contributed by atoms with Gasteiger partial charge < -0.3 is 15.5 Å². The minimum atomic E-state index is -0.174. The molecule has 0 saturated heterocycles. The molecule has 3 N–H and O–H groups in total. The maximum Gasteiger partial charge on any atom is 0.255 e. The van der Waals surface area contributed by atoms with Crippen LogP contribution in [0.25, 0.3) is 0 Å². The van der Waals surface area contributed by atoms with E-state index in [0.717, 1.165) is 0 Å². The van der Waals surface area contributed by atoms with Crippen molar-refractivity contribution in [1.82, 2.24) is 5.32 Å². The van der Waals surface area contributed by atoms with Crippen LogP contribution in [0.1, 0.15) is 24.2 Å². The van der Waals surface area contributed by atoms with Gasteiger partial charge in [-0.3, -0.25) is 4.79 Å². The summed E-state index contributed by atoms with van der Waals surface area (Å²) in [7, 11) is 0. The maximum atomic E-state index is 11.6.